The summed E-state index contributed by atoms with van der Waals surface area (Å²) in [4.78, 5) is 2.90. The molecule has 1 aliphatic heterocycles. The van der Waals surface area contributed by atoms with Gasteiger partial charge >= 0.3 is 0 Å². The van der Waals surface area contributed by atoms with E-state index in [1.54, 1.807) is 13.4 Å². The molecule has 38 heavy (non-hydrogen) atoms. The molecule has 202 valence electrons. The average molecular weight is 596 g/mol. The fraction of sp³-hybridized carbons (Fsp3) is 0.292. The summed E-state index contributed by atoms with van der Waals surface area (Å²) in [7, 11) is -7.16. The molecule has 4 aromatic rings. The highest BCUT2D eigenvalue weighted by atomic mass is 32.2. The van der Waals surface area contributed by atoms with Crippen molar-refractivity contribution in [1.82, 2.24) is 0 Å². The number of ether oxygens (including phenoxy) is 1. The summed E-state index contributed by atoms with van der Waals surface area (Å²) in [5, 5.41) is 2.51. The highest BCUT2D eigenvalue weighted by Gasteiger charge is 2.29. The van der Waals surface area contributed by atoms with E-state index < -0.39 is 31.7 Å². The Balaban J connectivity index is 1.58. The number of hydrogen-bond donors (Lipinski definition) is 0. The number of nitrogens with zero attached hydrogens (tertiary/aromatic N) is 2. The Labute approximate surface area is 228 Å². The number of rotatable bonds is 10. The van der Waals surface area contributed by atoms with E-state index in [0.717, 1.165) is 36.2 Å². The predicted octanol–water partition coefficient (Wildman–Crippen LogP) is 3.72. The van der Waals surface area contributed by atoms with Crippen LogP contribution in [0.25, 0.3) is 27.3 Å². The Hall–Kier alpha value is -2.62. The standard InChI is InChI=1S/C24H24N2O8S4/c1-33-16-4-6-20-18(14-16)25(9-2-12-37(27,28)29)22(35-20)15-23-26(10-3-13-38(30,31)32)24-17-8-11-34-19(17)5-7-21(24)36-23/h4-8,11,14-15H,2-3,9-10,12-13H2,1H3,(H-,27,28,29,30,31,32)/p-1. The van der Waals surface area contributed by atoms with E-state index in [9.17, 15) is 25.9 Å². The monoisotopic (exact) mass is 595 g/mol. The second-order valence-corrected chi connectivity index (χ2v) is 13.8. The largest absolute Gasteiger partial charge is 0.748 e. The molecule has 0 atom stereocenters. The molecule has 14 heteroatoms. The Morgan fingerprint density at radius 2 is 1.82 bits per heavy atom. The van der Waals surface area contributed by atoms with Crippen molar-refractivity contribution in [3.63, 3.8) is 0 Å². The van der Waals surface area contributed by atoms with Gasteiger partial charge in [0.25, 0.3) is 5.01 Å². The van der Waals surface area contributed by atoms with Crippen molar-refractivity contribution in [2.45, 2.75) is 24.3 Å². The number of thiazole rings is 1. The smallest absolute Gasteiger partial charge is 0.265 e. The van der Waals surface area contributed by atoms with Crippen LogP contribution in [-0.4, -0.2) is 51.1 Å². The topological polar surface area (TPSA) is 144 Å². The Kier molecular flexibility index (Phi) is 7.46. The molecule has 0 fully saturated rings. The van der Waals surface area contributed by atoms with Crippen LogP contribution >= 0.6 is 23.1 Å². The molecule has 0 saturated carbocycles. The van der Waals surface area contributed by atoms with Crippen LogP contribution < -0.4 is 14.2 Å². The van der Waals surface area contributed by atoms with E-state index in [0.29, 0.717) is 24.4 Å². The molecule has 3 heterocycles. The lowest BCUT2D eigenvalue weighted by atomic mass is 10.2. The maximum absolute atomic E-state index is 11.3. The lowest BCUT2D eigenvalue weighted by Crippen LogP contribution is -2.36. The fourth-order valence-corrected chi connectivity index (χ4v) is 7.71. The molecule has 0 saturated heterocycles. The lowest BCUT2D eigenvalue weighted by molar-refractivity contribution is -0.667. The first-order chi connectivity index (χ1) is 18.0. The molecule has 5 rings (SSSR count). The molecule has 0 N–H and O–H groups in total. The zero-order valence-corrected chi connectivity index (χ0v) is 23.4. The van der Waals surface area contributed by atoms with E-state index in [1.165, 1.54) is 23.1 Å². The minimum atomic E-state index is -4.36. The number of anilines is 1. The van der Waals surface area contributed by atoms with Gasteiger partial charge in [-0.15, -0.1) is 0 Å². The zero-order chi connectivity index (χ0) is 27.1. The second-order valence-electron chi connectivity index (χ2n) is 8.64. The van der Waals surface area contributed by atoms with Crippen molar-refractivity contribution >= 4 is 76.3 Å². The molecule has 1 aliphatic rings. The number of benzene rings is 2. The molecule has 0 bridgehead atoms. The minimum Gasteiger partial charge on any atom is -0.748 e. The van der Waals surface area contributed by atoms with Gasteiger partial charge in [0.2, 0.25) is 5.52 Å². The summed E-state index contributed by atoms with van der Waals surface area (Å²) >= 11 is 3.01. The van der Waals surface area contributed by atoms with Gasteiger partial charge in [-0.1, -0.05) is 23.1 Å². The number of aromatic nitrogens is 1. The van der Waals surface area contributed by atoms with Crippen LogP contribution in [0.2, 0.25) is 0 Å². The van der Waals surface area contributed by atoms with Gasteiger partial charge in [-0.2, -0.15) is 4.57 Å². The molecule has 0 amide bonds. The van der Waals surface area contributed by atoms with Crippen LogP contribution in [0.4, 0.5) is 5.69 Å². The number of fused-ring (bicyclic) bond motifs is 4. The summed E-state index contributed by atoms with van der Waals surface area (Å²) in [6, 6.07) is 11.3. The van der Waals surface area contributed by atoms with E-state index in [2.05, 4.69) is 0 Å². The van der Waals surface area contributed by atoms with Crippen molar-refractivity contribution in [3.05, 3.63) is 52.7 Å². The van der Waals surface area contributed by atoms with Gasteiger partial charge in [0.15, 0.2) is 6.54 Å². The van der Waals surface area contributed by atoms with Gasteiger partial charge in [0.05, 0.1) is 55.8 Å². The first-order valence-electron chi connectivity index (χ1n) is 11.6. The first kappa shape index (κ1) is 27.0. The SMILES string of the molecule is COc1ccc2c(c1)N(CCCS(=O)(=O)[O-])/C(=C/c1sc3ccc4occc4c3[n+]1CCCS(=O)(=O)[O-])S2. The molecule has 0 spiro atoms. The van der Waals surface area contributed by atoms with Gasteiger partial charge in [-0.3, -0.25) is 0 Å². The predicted molar refractivity (Wildman–Crippen MR) is 144 cm³/mol. The molecular weight excluding hydrogens is 573 g/mol. The van der Waals surface area contributed by atoms with Crippen LogP contribution in [0.1, 0.15) is 17.8 Å². The van der Waals surface area contributed by atoms with Crippen LogP contribution in [0.3, 0.4) is 0 Å². The zero-order valence-electron chi connectivity index (χ0n) is 20.2. The fourth-order valence-electron chi connectivity index (χ4n) is 4.43. The van der Waals surface area contributed by atoms with Gasteiger partial charge in [-0.05, 0) is 36.8 Å². The van der Waals surface area contributed by atoms with Gasteiger partial charge in [-0.25, -0.2) is 16.8 Å². The number of thioether (sulfide) groups is 1. The van der Waals surface area contributed by atoms with Crippen molar-refractivity contribution in [1.29, 1.82) is 0 Å². The summed E-state index contributed by atoms with van der Waals surface area (Å²) in [5.74, 6) is -0.318. The van der Waals surface area contributed by atoms with Gasteiger partial charge in [0, 0.05) is 35.4 Å². The summed E-state index contributed by atoms with van der Waals surface area (Å²) in [5.41, 5.74) is 2.41. The third-order valence-electron chi connectivity index (χ3n) is 6.06. The average Bonchev–Trinajstić information content (AvgIpc) is 3.53. The van der Waals surface area contributed by atoms with E-state index in [-0.39, 0.29) is 12.8 Å². The second kappa shape index (κ2) is 10.5. The lowest BCUT2D eigenvalue weighted by Gasteiger charge is -2.21. The van der Waals surface area contributed by atoms with Crippen molar-refractivity contribution in [3.8, 4) is 5.75 Å². The number of methoxy groups -OCH3 is 1. The van der Waals surface area contributed by atoms with Crippen molar-refractivity contribution in [2.24, 2.45) is 0 Å². The normalized spacial score (nSPS) is 15.1. The Morgan fingerprint density at radius 1 is 1.05 bits per heavy atom. The Morgan fingerprint density at radius 3 is 2.55 bits per heavy atom. The number of aryl methyl sites for hydroxylation is 1. The van der Waals surface area contributed by atoms with Crippen molar-refractivity contribution in [2.75, 3.05) is 30.1 Å². The van der Waals surface area contributed by atoms with Crippen LogP contribution in [0, 0.1) is 0 Å². The molecule has 2 aromatic heterocycles. The third-order valence-corrected chi connectivity index (χ3v) is 9.84. The molecule has 0 radical (unpaired) electrons. The molecule has 2 aromatic carbocycles. The maximum Gasteiger partial charge on any atom is 0.265 e. The number of hydrogen-bond acceptors (Lipinski definition) is 11. The van der Waals surface area contributed by atoms with Crippen LogP contribution in [0.5, 0.6) is 5.75 Å². The molecular formula is C24H23N2O8S4-. The quantitative estimate of drug-likeness (QED) is 0.196. The summed E-state index contributed by atoms with van der Waals surface area (Å²) in [6.45, 7) is 0.594. The minimum absolute atomic E-state index is 0.141. The maximum atomic E-state index is 11.3. The number of furan rings is 1. The summed E-state index contributed by atoms with van der Waals surface area (Å²) < 4.78 is 81.4. The molecule has 0 aliphatic carbocycles. The summed E-state index contributed by atoms with van der Waals surface area (Å²) in [6.07, 6.45) is 3.84. The van der Waals surface area contributed by atoms with Crippen molar-refractivity contribution < 1.29 is 39.7 Å². The van der Waals surface area contributed by atoms with Gasteiger partial charge < -0.3 is 23.2 Å². The van der Waals surface area contributed by atoms with E-state index >= 15 is 0 Å². The van der Waals surface area contributed by atoms with Crippen LogP contribution in [-0.2, 0) is 26.8 Å². The third kappa shape index (κ3) is 5.84. The highest BCUT2D eigenvalue weighted by Crippen LogP contribution is 2.48. The Bertz CT molecular complexity index is 1760. The van der Waals surface area contributed by atoms with E-state index in [4.69, 9.17) is 9.15 Å². The van der Waals surface area contributed by atoms with Gasteiger partial charge in [0.1, 0.15) is 16.0 Å². The molecule has 0 unspecified atom stereocenters. The van der Waals surface area contributed by atoms with Crippen LogP contribution in [0.15, 0.2) is 57.0 Å². The highest BCUT2D eigenvalue weighted by molar-refractivity contribution is 8.04. The molecule has 10 nitrogen and oxygen atoms in total. The van der Waals surface area contributed by atoms with E-state index in [1.807, 2.05) is 51.9 Å². The first-order valence-corrected chi connectivity index (χ1v) is 16.4.